The summed E-state index contributed by atoms with van der Waals surface area (Å²) in [5.74, 6) is 1.70. The van der Waals surface area contributed by atoms with E-state index in [0.29, 0.717) is 6.04 Å². The maximum Gasteiger partial charge on any atom is 0.145 e. The van der Waals surface area contributed by atoms with Crippen LogP contribution in [0.1, 0.15) is 6.42 Å². The van der Waals surface area contributed by atoms with Crippen LogP contribution in [0.2, 0.25) is 0 Å². The van der Waals surface area contributed by atoms with Gasteiger partial charge in [-0.05, 0) is 25.6 Å². The Hall–Kier alpha value is -1.42. The molecule has 94 valence electrons. The van der Waals surface area contributed by atoms with Crippen molar-refractivity contribution < 1.29 is 9.47 Å². The van der Waals surface area contributed by atoms with E-state index in [9.17, 15) is 0 Å². The number of benzene rings is 1. The van der Waals surface area contributed by atoms with Crippen molar-refractivity contribution in [3.63, 3.8) is 0 Å². The summed E-state index contributed by atoms with van der Waals surface area (Å²) < 4.78 is 10.6. The molecule has 1 aromatic rings. The van der Waals surface area contributed by atoms with Gasteiger partial charge in [0, 0.05) is 25.2 Å². The minimum absolute atomic E-state index is 0.571. The van der Waals surface area contributed by atoms with Gasteiger partial charge in [0.2, 0.25) is 0 Å². The second-order valence-corrected chi connectivity index (χ2v) is 4.26. The molecule has 0 amide bonds. The molecule has 1 heterocycles. The van der Waals surface area contributed by atoms with Crippen molar-refractivity contribution in [1.29, 1.82) is 0 Å². The van der Waals surface area contributed by atoms with Crippen LogP contribution in [0.25, 0.3) is 0 Å². The lowest BCUT2D eigenvalue weighted by molar-refractivity contribution is 0.394. The van der Waals surface area contributed by atoms with Crippen LogP contribution in [0.3, 0.4) is 0 Å². The Labute approximate surface area is 103 Å². The molecular formula is C13H20N2O2. The molecule has 1 atom stereocenters. The molecule has 1 saturated heterocycles. The van der Waals surface area contributed by atoms with Gasteiger partial charge in [-0.3, -0.25) is 0 Å². The molecule has 1 aliphatic rings. The van der Waals surface area contributed by atoms with Crippen LogP contribution in [0.4, 0.5) is 5.69 Å². The highest BCUT2D eigenvalue weighted by atomic mass is 16.5. The lowest BCUT2D eigenvalue weighted by atomic mass is 10.2. The molecule has 1 fully saturated rings. The van der Waals surface area contributed by atoms with Crippen LogP contribution in [0, 0.1) is 0 Å². The Morgan fingerprint density at radius 3 is 2.71 bits per heavy atom. The van der Waals surface area contributed by atoms with Crippen LogP contribution in [-0.2, 0) is 0 Å². The van der Waals surface area contributed by atoms with Crippen molar-refractivity contribution in [1.82, 2.24) is 5.32 Å². The predicted molar refractivity (Wildman–Crippen MR) is 69.2 cm³/mol. The van der Waals surface area contributed by atoms with E-state index in [4.69, 9.17) is 9.47 Å². The summed E-state index contributed by atoms with van der Waals surface area (Å²) in [6.07, 6.45) is 1.17. The molecule has 4 heteroatoms. The highest BCUT2D eigenvalue weighted by Gasteiger charge is 2.23. The number of likely N-dealkylation sites (N-methyl/N-ethyl adjacent to an activating group) is 1. The first-order valence-corrected chi connectivity index (χ1v) is 5.92. The Kier molecular flexibility index (Phi) is 3.74. The molecule has 1 aliphatic heterocycles. The Bertz CT molecular complexity index is 382. The second kappa shape index (κ2) is 5.27. The SMILES string of the molecule is CNC1CCN(c2ccc(OC)cc2OC)C1. The molecule has 0 aliphatic carbocycles. The number of hydrogen-bond donors (Lipinski definition) is 1. The zero-order valence-electron chi connectivity index (χ0n) is 10.7. The summed E-state index contributed by atoms with van der Waals surface area (Å²) in [6, 6.07) is 6.55. The third-order valence-corrected chi connectivity index (χ3v) is 3.32. The van der Waals surface area contributed by atoms with E-state index >= 15 is 0 Å². The summed E-state index contributed by atoms with van der Waals surface area (Å²) in [5, 5.41) is 3.32. The average molecular weight is 236 g/mol. The van der Waals surface area contributed by atoms with Crippen LogP contribution in [-0.4, -0.2) is 40.4 Å². The van der Waals surface area contributed by atoms with Crippen molar-refractivity contribution in [2.45, 2.75) is 12.5 Å². The average Bonchev–Trinajstić information content (AvgIpc) is 2.86. The maximum atomic E-state index is 5.43. The topological polar surface area (TPSA) is 33.7 Å². The van der Waals surface area contributed by atoms with Gasteiger partial charge >= 0.3 is 0 Å². The standard InChI is InChI=1S/C13H20N2O2/c1-14-10-6-7-15(9-10)12-5-4-11(16-2)8-13(12)17-3/h4-5,8,10,14H,6-7,9H2,1-3H3. The molecule has 0 saturated carbocycles. The van der Waals surface area contributed by atoms with E-state index < -0.39 is 0 Å². The lowest BCUT2D eigenvalue weighted by Gasteiger charge is -2.21. The molecule has 2 rings (SSSR count). The van der Waals surface area contributed by atoms with E-state index in [2.05, 4.69) is 16.3 Å². The minimum atomic E-state index is 0.571. The van der Waals surface area contributed by atoms with Crippen molar-refractivity contribution in [3.05, 3.63) is 18.2 Å². The van der Waals surface area contributed by atoms with Crippen LogP contribution in [0.5, 0.6) is 11.5 Å². The number of rotatable bonds is 4. The number of ether oxygens (including phenoxy) is 2. The van der Waals surface area contributed by atoms with E-state index in [-0.39, 0.29) is 0 Å². The first kappa shape index (κ1) is 12.0. The van der Waals surface area contributed by atoms with E-state index in [1.807, 2.05) is 19.2 Å². The Morgan fingerprint density at radius 1 is 1.29 bits per heavy atom. The van der Waals surface area contributed by atoms with Crippen LogP contribution in [0.15, 0.2) is 18.2 Å². The second-order valence-electron chi connectivity index (χ2n) is 4.26. The first-order valence-electron chi connectivity index (χ1n) is 5.92. The summed E-state index contributed by atoms with van der Waals surface area (Å²) in [4.78, 5) is 2.35. The van der Waals surface area contributed by atoms with Gasteiger partial charge in [0.15, 0.2) is 0 Å². The number of anilines is 1. The molecule has 0 spiro atoms. The summed E-state index contributed by atoms with van der Waals surface area (Å²) >= 11 is 0. The fourth-order valence-corrected chi connectivity index (χ4v) is 2.26. The molecule has 1 N–H and O–H groups in total. The van der Waals surface area contributed by atoms with E-state index in [1.54, 1.807) is 14.2 Å². The molecular weight excluding hydrogens is 216 g/mol. The Morgan fingerprint density at radius 2 is 2.12 bits per heavy atom. The minimum Gasteiger partial charge on any atom is -0.497 e. The molecule has 4 nitrogen and oxygen atoms in total. The fraction of sp³-hybridized carbons (Fsp3) is 0.538. The van der Waals surface area contributed by atoms with Crippen LogP contribution >= 0.6 is 0 Å². The van der Waals surface area contributed by atoms with Gasteiger partial charge in [0.05, 0.1) is 19.9 Å². The van der Waals surface area contributed by atoms with Gasteiger partial charge in [-0.2, -0.15) is 0 Å². The smallest absolute Gasteiger partial charge is 0.145 e. The predicted octanol–water partition coefficient (Wildman–Crippen LogP) is 1.50. The van der Waals surface area contributed by atoms with Crippen molar-refractivity contribution in [3.8, 4) is 11.5 Å². The largest absolute Gasteiger partial charge is 0.497 e. The maximum absolute atomic E-state index is 5.43. The van der Waals surface area contributed by atoms with Gasteiger partial charge in [-0.25, -0.2) is 0 Å². The van der Waals surface area contributed by atoms with Gasteiger partial charge in [0.1, 0.15) is 11.5 Å². The molecule has 1 unspecified atom stereocenters. The normalized spacial score (nSPS) is 19.5. The molecule has 17 heavy (non-hydrogen) atoms. The third kappa shape index (κ3) is 2.47. The number of nitrogens with one attached hydrogen (secondary N) is 1. The van der Waals surface area contributed by atoms with Crippen LogP contribution < -0.4 is 19.7 Å². The van der Waals surface area contributed by atoms with Gasteiger partial charge < -0.3 is 19.7 Å². The number of nitrogens with zero attached hydrogens (tertiary/aromatic N) is 1. The summed E-state index contributed by atoms with van der Waals surface area (Å²) in [6.45, 7) is 2.09. The van der Waals surface area contributed by atoms with Crippen molar-refractivity contribution >= 4 is 5.69 Å². The van der Waals surface area contributed by atoms with Crippen molar-refractivity contribution in [2.75, 3.05) is 39.3 Å². The molecule has 0 radical (unpaired) electrons. The number of hydrogen-bond acceptors (Lipinski definition) is 4. The molecule has 0 aromatic heterocycles. The Balaban J connectivity index is 2.20. The zero-order valence-corrected chi connectivity index (χ0v) is 10.7. The quantitative estimate of drug-likeness (QED) is 0.859. The number of methoxy groups -OCH3 is 2. The highest BCUT2D eigenvalue weighted by Crippen LogP contribution is 2.33. The first-order chi connectivity index (χ1) is 8.28. The van der Waals surface area contributed by atoms with Crippen molar-refractivity contribution in [2.24, 2.45) is 0 Å². The zero-order chi connectivity index (χ0) is 12.3. The highest BCUT2D eigenvalue weighted by molar-refractivity contribution is 5.61. The molecule has 0 bridgehead atoms. The van der Waals surface area contributed by atoms with Gasteiger partial charge in [-0.1, -0.05) is 0 Å². The summed E-state index contributed by atoms with van der Waals surface area (Å²) in [5.41, 5.74) is 1.14. The van der Waals surface area contributed by atoms with E-state index in [1.165, 1.54) is 6.42 Å². The third-order valence-electron chi connectivity index (χ3n) is 3.32. The fourth-order valence-electron chi connectivity index (χ4n) is 2.26. The summed E-state index contributed by atoms with van der Waals surface area (Å²) in [7, 11) is 5.38. The van der Waals surface area contributed by atoms with E-state index in [0.717, 1.165) is 30.3 Å². The molecule has 1 aromatic carbocycles. The van der Waals surface area contributed by atoms with Gasteiger partial charge in [0.25, 0.3) is 0 Å². The monoisotopic (exact) mass is 236 g/mol. The lowest BCUT2D eigenvalue weighted by Crippen LogP contribution is -2.29. The van der Waals surface area contributed by atoms with Gasteiger partial charge in [-0.15, -0.1) is 0 Å².